The summed E-state index contributed by atoms with van der Waals surface area (Å²) in [5, 5.41) is 27.8. The van der Waals surface area contributed by atoms with E-state index >= 15 is 0 Å². The molecule has 0 aromatic heterocycles. The predicted molar refractivity (Wildman–Crippen MR) is 44.0 cm³/mol. The SMILES string of the molecule is COC1OC(CO)(CO)CC1(C)O. The van der Waals surface area contributed by atoms with Crippen molar-refractivity contribution in [3.8, 4) is 0 Å². The molecule has 0 amide bonds. The average molecular weight is 192 g/mol. The highest BCUT2D eigenvalue weighted by molar-refractivity contribution is 4.98. The monoisotopic (exact) mass is 192 g/mol. The molecule has 0 aromatic rings. The highest BCUT2D eigenvalue weighted by Gasteiger charge is 2.52. The van der Waals surface area contributed by atoms with Crippen LogP contribution in [0.25, 0.3) is 0 Å². The van der Waals surface area contributed by atoms with Gasteiger partial charge in [0.2, 0.25) is 0 Å². The van der Waals surface area contributed by atoms with Crippen LogP contribution in [0.2, 0.25) is 0 Å². The molecule has 0 aliphatic carbocycles. The van der Waals surface area contributed by atoms with Gasteiger partial charge in [-0.25, -0.2) is 0 Å². The van der Waals surface area contributed by atoms with Crippen LogP contribution in [-0.2, 0) is 9.47 Å². The first kappa shape index (κ1) is 10.9. The van der Waals surface area contributed by atoms with Gasteiger partial charge in [0.05, 0.1) is 13.2 Å². The molecule has 13 heavy (non-hydrogen) atoms. The number of aliphatic hydroxyl groups excluding tert-OH is 2. The van der Waals surface area contributed by atoms with Crippen molar-refractivity contribution in [3.63, 3.8) is 0 Å². The van der Waals surface area contributed by atoms with E-state index in [0.717, 1.165) is 0 Å². The van der Waals surface area contributed by atoms with E-state index in [-0.39, 0.29) is 19.6 Å². The van der Waals surface area contributed by atoms with Crippen LogP contribution in [0.1, 0.15) is 13.3 Å². The van der Waals surface area contributed by atoms with Crippen molar-refractivity contribution in [1.82, 2.24) is 0 Å². The highest BCUT2D eigenvalue weighted by atomic mass is 16.7. The van der Waals surface area contributed by atoms with Crippen molar-refractivity contribution in [1.29, 1.82) is 0 Å². The summed E-state index contributed by atoms with van der Waals surface area (Å²) in [6, 6.07) is 0. The zero-order valence-corrected chi connectivity index (χ0v) is 7.86. The van der Waals surface area contributed by atoms with Gasteiger partial charge in [-0.2, -0.15) is 0 Å². The topological polar surface area (TPSA) is 79.2 Å². The summed E-state index contributed by atoms with van der Waals surface area (Å²) < 4.78 is 10.1. The van der Waals surface area contributed by atoms with Gasteiger partial charge in [-0.3, -0.25) is 0 Å². The van der Waals surface area contributed by atoms with Crippen molar-refractivity contribution < 1.29 is 24.8 Å². The second kappa shape index (κ2) is 3.51. The first-order valence-electron chi connectivity index (χ1n) is 4.14. The minimum absolute atomic E-state index is 0.158. The smallest absolute Gasteiger partial charge is 0.186 e. The maximum Gasteiger partial charge on any atom is 0.186 e. The van der Waals surface area contributed by atoms with Crippen LogP contribution in [0.4, 0.5) is 0 Å². The van der Waals surface area contributed by atoms with Gasteiger partial charge >= 0.3 is 0 Å². The van der Waals surface area contributed by atoms with Gasteiger partial charge < -0.3 is 24.8 Å². The first-order valence-corrected chi connectivity index (χ1v) is 4.14. The lowest BCUT2D eigenvalue weighted by Crippen LogP contribution is -2.38. The molecule has 1 rings (SSSR count). The molecule has 1 saturated heterocycles. The minimum atomic E-state index is -1.17. The maximum atomic E-state index is 9.78. The van der Waals surface area contributed by atoms with E-state index < -0.39 is 17.5 Å². The molecule has 5 nitrogen and oxygen atoms in total. The van der Waals surface area contributed by atoms with Gasteiger partial charge in [-0.05, 0) is 6.92 Å². The fraction of sp³-hybridized carbons (Fsp3) is 1.00. The van der Waals surface area contributed by atoms with Crippen molar-refractivity contribution in [2.75, 3.05) is 20.3 Å². The van der Waals surface area contributed by atoms with E-state index in [0.29, 0.717) is 0 Å². The normalized spacial score (nSPS) is 38.1. The molecule has 2 atom stereocenters. The van der Waals surface area contributed by atoms with E-state index in [4.69, 9.17) is 19.7 Å². The number of hydrogen-bond donors (Lipinski definition) is 3. The Morgan fingerprint density at radius 1 is 1.46 bits per heavy atom. The molecule has 1 aliphatic rings. The summed E-state index contributed by atoms with van der Waals surface area (Å²) >= 11 is 0. The number of ether oxygens (including phenoxy) is 2. The largest absolute Gasteiger partial charge is 0.393 e. The predicted octanol–water partition coefficient (Wildman–Crippen LogP) is -1.15. The number of aliphatic hydroxyl groups is 3. The Balaban J connectivity index is 2.77. The molecular formula is C8H16O5. The Hall–Kier alpha value is -0.200. The lowest BCUT2D eigenvalue weighted by molar-refractivity contribution is -0.211. The summed E-state index contributed by atoms with van der Waals surface area (Å²) in [7, 11) is 1.41. The van der Waals surface area contributed by atoms with Crippen molar-refractivity contribution >= 4 is 0 Å². The van der Waals surface area contributed by atoms with Gasteiger partial charge in [0, 0.05) is 13.5 Å². The third kappa shape index (κ3) is 1.84. The molecule has 0 saturated carbocycles. The van der Waals surface area contributed by atoms with Crippen LogP contribution >= 0.6 is 0 Å². The molecule has 5 heteroatoms. The van der Waals surface area contributed by atoms with E-state index in [2.05, 4.69) is 0 Å². The first-order chi connectivity index (χ1) is 5.99. The lowest BCUT2D eigenvalue weighted by Gasteiger charge is -2.23. The van der Waals surface area contributed by atoms with Gasteiger partial charge in [0.25, 0.3) is 0 Å². The zero-order valence-electron chi connectivity index (χ0n) is 7.86. The van der Waals surface area contributed by atoms with Gasteiger partial charge in [-0.15, -0.1) is 0 Å². The molecule has 0 aromatic carbocycles. The molecule has 78 valence electrons. The van der Waals surface area contributed by atoms with Crippen molar-refractivity contribution in [2.45, 2.75) is 30.8 Å². The van der Waals surface area contributed by atoms with Crippen LogP contribution in [0, 0.1) is 0 Å². The van der Waals surface area contributed by atoms with E-state index in [1.165, 1.54) is 7.11 Å². The summed E-state index contributed by atoms with van der Waals surface area (Å²) in [6.07, 6.45) is -0.641. The Morgan fingerprint density at radius 3 is 2.23 bits per heavy atom. The molecule has 1 fully saturated rings. The third-order valence-electron chi connectivity index (χ3n) is 2.34. The standard InChI is InChI=1S/C8H16O5/c1-7(11)3-8(4-9,5-10)13-6(7)12-2/h6,9-11H,3-5H2,1-2H3. The van der Waals surface area contributed by atoms with Crippen LogP contribution in [-0.4, -0.2) is 53.1 Å². The van der Waals surface area contributed by atoms with Gasteiger partial charge in [0.1, 0.15) is 11.2 Å². The van der Waals surface area contributed by atoms with Gasteiger partial charge in [-0.1, -0.05) is 0 Å². The molecule has 0 radical (unpaired) electrons. The molecular weight excluding hydrogens is 176 g/mol. The summed E-state index contributed by atoms with van der Waals surface area (Å²) in [4.78, 5) is 0. The van der Waals surface area contributed by atoms with Crippen LogP contribution < -0.4 is 0 Å². The van der Waals surface area contributed by atoms with Crippen molar-refractivity contribution in [2.24, 2.45) is 0 Å². The van der Waals surface area contributed by atoms with E-state index in [9.17, 15) is 5.11 Å². The number of hydrogen-bond acceptors (Lipinski definition) is 5. The quantitative estimate of drug-likeness (QED) is 0.526. The van der Waals surface area contributed by atoms with Crippen molar-refractivity contribution in [3.05, 3.63) is 0 Å². The fourth-order valence-electron chi connectivity index (χ4n) is 1.67. The number of rotatable bonds is 3. The Labute approximate surface area is 76.9 Å². The van der Waals surface area contributed by atoms with E-state index in [1.807, 2.05) is 0 Å². The molecule has 0 spiro atoms. The summed E-state index contributed by atoms with van der Waals surface area (Å²) in [5.74, 6) is 0. The zero-order chi connectivity index (χ0) is 10.1. The second-order valence-electron chi connectivity index (χ2n) is 3.72. The Morgan fingerprint density at radius 2 is 2.00 bits per heavy atom. The molecule has 2 unspecified atom stereocenters. The maximum absolute atomic E-state index is 9.78. The molecule has 0 bridgehead atoms. The Bertz CT molecular complexity index is 175. The van der Waals surface area contributed by atoms with Gasteiger partial charge in [0.15, 0.2) is 6.29 Å². The average Bonchev–Trinajstić information content (AvgIpc) is 2.37. The van der Waals surface area contributed by atoms with Crippen LogP contribution in [0.5, 0.6) is 0 Å². The molecule has 3 N–H and O–H groups in total. The fourth-order valence-corrected chi connectivity index (χ4v) is 1.67. The van der Waals surface area contributed by atoms with E-state index in [1.54, 1.807) is 6.92 Å². The second-order valence-corrected chi connectivity index (χ2v) is 3.72. The molecule has 1 heterocycles. The third-order valence-corrected chi connectivity index (χ3v) is 2.34. The number of methoxy groups -OCH3 is 1. The Kier molecular flexibility index (Phi) is 2.94. The minimum Gasteiger partial charge on any atom is -0.393 e. The highest BCUT2D eigenvalue weighted by Crippen LogP contribution is 2.37. The van der Waals surface area contributed by atoms with Crippen LogP contribution in [0.15, 0.2) is 0 Å². The van der Waals surface area contributed by atoms with Crippen LogP contribution in [0.3, 0.4) is 0 Å². The molecule has 1 aliphatic heterocycles. The summed E-state index contributed by atoms with van der Waals surface area (Å²) in [5.41, 5.74) is -2.25. The summed E-state index contributed by atoms with van der Waals surface area (Å²) in [6.45, 7) is 0.882. The lowest BCUT2D eigenvalue weighted by atomic mass is 9.93.